The highest BCUT2D eigenvalue weighted by atomic mass is 16.5. The van der Waals surface area contributed by atoms with Crippen LogP contribution in [0.4, 0.5) is 0 Å². The summed E-state index contributed by atoms with van der Waals surface area (Å²) >= 11 is 0. The van der Waals surface area contributed by atoms with Gasteiger partial charge in [-0.1, -0.05) is 6.07 Å². The van der Waals surface area contributed by atoms with Gasteiger partial charge in [-0.2, -0.15) is 0 Å². The molecule has 1 rings (SSSR count). The van der Waals surface area contributed by atoms with Crippen molar-refractivity contribution in [2.24, 2.45) is 0 Å². The van der Waals surface area contributed by atoms with Crippen LogP contribution in [0.25, 0.3) is 0 Å². The number of aryl methyl sites for hydroxylation is 2. The minimum absolute atomic E-state index is 0.0659. The zero-order valence-electron chi connectivity index (χ0n) is 10.3. The van der Waals surface area contributed by atoms with Crippen molar-refractivity contribution in [3.8, 4) is 5.75 Å². The van der Waals surface area contributed by atoms with E-state index in [-0.39, 0.29) is 5.78 Å². The number of carbonyl (C=O) groups is 1. The first-order chi connectivity index (χ1) is 7.60. The highest BCUT2D eigenvalue weighted by Gasteiger charge is 2.15. The fourth-order valence-electron chi connectivity index (χ4n) is 1.77. The number of hydrogen-bond donors (Lipinski definition) is 0. The van der Waals surface area contributed by atoms with Crippen molar-refractivity contribution >= 4 is 5.78 Å². The molecule has 0 aliphatic carbocycles. The van der Waals surface area contributed by atoms with Gasteiger partial charge in [0.1, 0.15) is 5.75 Å². The Hall–Kier alpha value is -1.35. The highest BCUT2D eigenvalue weighted by molar-refractivity contribution is 6.00. The normalized spacial score (nSPS) is 10.2. The third kappa shape index (κ3) is 2.83. The van der Waals surface area contributed by atoms with Gasteiger partial charge in [0.15, 0.2) is 5.78 Å². The Morgan fingerprint density at radius 3 is 2.50 bits per heavy atom. The minimum atomic E-state index is 0.0659. The summed E-state index contributed by atoms with van der Waals surface area (Å²) in [6, 6.07) is 3.87. The predicted molar refractivity (Wildman–Crippen MR) is 63.3 cm³/mol. The highest BCUT2D eigenvalue weighted by Crippen LogP contribution is 2.25. The molecule has 1 aromatic carbocycles. The standard InChI is InChI=1S/C13H18O3/c1-9-7-10(2)13(12(8-9)16-4)11(14)5-6-15-3/h7-8H,5-6H2,1-4H3. The third-order valence-corrected chi connectivity index (χ3v) is 2.48. The second kappa shape index (κ2) is 5.66. The average Bonchev–Trinajstić information content (AvgIpc) is 2.24. The minimum Gasteiger partial charge on any atom is -0.496 e. The molecule has 0 radical (unpaired) electrons. The second-order valence-electron chi connectivity index (χ2n) is 3.83. The summed E-state index contributed by atoms with van der Waals surface area (Å²) in [6.07, 6.45) is 0.386. The summed E-state index contributed by atoms with van der Waals surface area (Å²) < 4.78 is 10.2. The molecular weight excluding hydrogens is 204 g/mol. The summed E-state index contributed by atoms with van der Waals surface area (Å²) in [5.74, 6) is 0.717. The topological polar surface area (TPSA) is 35.5 Å². The molecule has 0 unspecified atom stereocenters. The summed E-state index contributed by atoms with van der Waals surface area (Å²) in [4.78, 5) is 12.0. The smallest absolute Gasteiger partial charge is 0.169 e. The van der Waals surface area contributed by atoms with Gasteiger partial charge in [0, 0.05) is 13.5 Å². The van der Waals surface area contributed by atoms with E-state index in [0.717, 1.165) is 11.1 Å². The molecule has 1 aromatic rings. The predicted octanol–water partition coefficient (Wildman–Crippen LogP) is 2.53. The number of rotatable bonds is 5. The van der Waals surface area contributed by atoms with Crippen LogP contribution in [0.2, 0.25) is 0 Å². The summed E-state index contributed by atoms with van der Waals surface area (Å²) in [5.41, 5.74) is 2.72. The van der Waals surface area contributed by atoms with Gasteiger partial charge >= 0.3 is 0 Å². The van der Waals surface area contributed by atoms with Crippen LogP contribution in [0.5, 0.6) is 5.75 Å². The summed E-state index contributed by atoms with van der Waals surface area (Å²) in [7, 11) is 3.17. The lowest BCUT2D eigenvalue weighted by Crippen LogP contribution is -2.08. The SMILES string of the molecule is COCCC(=O)c1c(C)cc(C)cc1OC. The first kappa shape index (κ1) is 12.7. The van der Waals surface area contributed by atoms with Crippen LogP contribution in [0, 0.1) is 13.8 Å². The van der Waals surface area contributed by atoms with Crippen LogP contribution >= 0.6 is 0 Å². The van der Waals surface area contributed by atoms with Crippen molar-refractivity contribution in [1.29, 1.82) is 0 Å². The Morgan fingerprint density at radius 1 is 1.25 bits per heavy atom. The van der Waals surface area contributed by atoms with Gasteiger partial charge in [-0.25, -0.2) is 0 Å². The van der Waals surface area contributed by atoms with Gasteiger partial charge < -0.3 is 9.47 Å². The van der Waals surface area contributed by atoms with Crippen LogP contribution in [-0.4, -0.2) is 26.6 Å². The number of methoxy groups -OCH3 is 2. The molecule has 3 nitrogen and oxygen atoms in total. The molecule has 0 spiro atoms. The number of ether oxygens (including phenoxy) is 2. The zero-order valence-corrected chi connectivity index (χ0v) is 10.3. The number of benzene rings is 1. The lowest BCUT2D eigenvalue weighted by Gasteiger charge is -2.11. The molecule has 0 saturated heterocycles. The van der Waals surface area contributed by atoms with Gasteiger partial charge in [0.25, 0.3) is 0 Å². The molecule has 0 saturated carbocycles. The van der Waals surface area contributed by atoms with Crippen LogP contribution in [-0.2, 0) is 4.74 Å². The molecule has 0 N–H and O–H groups in total. The third-order valence-electron chi connectivity index (χ3n) is 2.48. The van der Waals surface area contributed by atoms with Gasteiger partial charge in [-0.05, 0) is 31.0 Å². The van der Waals surface area contributed by atoms with Gasteiger partial charge in [-0.3, -0.25) is 4.79 Å². The Bertz CT molecular complexity index is 383. The maximum atomic E-state index is 12.0. The van der Waals surface area contributed by atoms with E-state index in [1.807, 2.05) is 26.0 Å². The largest absolute Gasteiger partial charge is 0.496 e. The van der Waals surface area contributed by atoms with E-state index >= 15 is 0 Å². The lowest BCUT2D eigenvalue weighted by atomic mass is 9.99. The Morgan fingerprint density at radius 2 is 1.94 bits per heavy atom. The van der Waals surface area contributed by atoms with E-state index in [9.17, 15) is 4.79 Å². The number of ketones is 1. The van der Waals surface area contributed by atoms with E-state index in [1.54, 1.807) is 14.2 Å². The monoisotopic (exact) mass is 222 g/mol. The first-order valence-electron chi connectivity index (χ1n) is 5.27. The van der Waals surface area contributed by atoms with Crippen LogP contribution in [0.1, 0.15) is 27.9 Å². The van der Waals surface area contributed by atoms with Crippen molar-refractivity contribution in [1.82, 2.24) is 0 Å². The average molecular weight is 222 g/mol. The Kier molecular flexibility index (Phi) is 4.50. The molecule has 0 heterocycles. The van der Waals surface area contributed by atoms with Crippen LogP contribution in [0.3, 0.4) is 0 Å². The quantitative estimate of drug-likeness (QED) is 0.718. The van der Waals surface area contributed by atoms with E-state index in [4.69, 9.17) is 9.47 Å². The van der Waals surface area contributed by atoms with Gasteiger partial charge in [-0.15, -0.1) is 0 Å². The van der Waals surface area contributed by atoms with Gasteiger partial charge in [0.05, 0.1) is 19.3 Å². The molecule has 0 aliphatic heterocycles. The molecular formula is C13H18O3. The molecule has 0 aliphatic rings. The molecule has 3 heteroatoms. The maximum absolute atomic E-state index is 12.0. The van der Waals surface area contributed by atoms with E-state index < -0.39 is 0 Å². The van der Waals surface area contributed by atoms with E-state index in [1.165, 1.54) is 0 Å². The molecule has 88 valence electrons. The summed E-state index contributed by atoms with van der Waals surface area (Å²) in [5, 5.41) is 0. The molecule has 0 amide bonds. The molecule has 0 aromatic heterocycles. The molecule has 0 bridgehead atoms. The molecule has 16 heavy (non-hydrogen) atoms. The molecule has 0 atom stereocenters. The Labute approximate surface area is 96.4 Å². The summed E-state index contributed by atoms with van der Waals surface area (Å²) in [6.45, 7) is 4.35. The van der Waals surface area contributed by atoms with Crippen molar-refractivity contribution in [3.63, 3.8) is 0 Å². The van der Waals surface area contributed by atoms with Crippen LogP contribution < -0.4 is 4.74 Å². The lowest BCUT2D eigenvalue weighted by molar-refractivity contribution is 0.0928. The maximum Gasteiger partial charge on any atom is 0.169 e. The van der Waals surface area contributed by atoms with E-state index in [2.05, 4.69) is 0 Å². The van der Waals surface area contributed by atoms with Crippen molar-refractivity contribution in [2.75, 3.05) is 20.8 Å². The number of Topliss-reactive ketones (excluding diaryl/α,β-unsaturated/α-hetero) is 1. The van der Waals surface area contributed by atoms with Crippen molar-refractivity contribution < 1.29 is 14.3 Å². The number of carbonyl (C=O) groups excluding carboxylic acids is 1. The fraction of sp³-hybridized carbons (Fsp3) is 0.462. The molecule has 0 fully saturated rings. The first-order valence-corrected chi connectivity index (χ1v) is 5.27. The van der Waals surface area contributed by atoms with Crippen molar-refractivity contribution in [3.05, 3.63) is 28.8 Å². The zero-order chi connectivity index (χ0) is 12.1. The number of hydrogen-bond acceptors (Lipinski definition) is 3. The van der Waals surface area contributed by atoms with Gasteiger partial charge in [0.2, 0.25) is 0 Å². The second-order valence-corrected chi connectivity index (χ2v) is 3.83. The van der Waals surface area contributed by atoms with Crippen LogP contribution in [0.15, 0.2) is 12.1 Å². The Balaban J connectivity index is 3.06. The van der Waals surface area contributed by atoms with Crippen molar-refractivity contribution in [2.45, 2.75) is 20.3 Å². The van der Waals surface area contributed by atoms with E-state index in [0.29, 0.717) is 24.3 Å². The fourth-order valence-corrected chi connectivity index (χ4v) is 1.77.